The molecule has 0 saturated carbocycles. The van der Waals surface area contributed by atoms with E-state index < -0.39 is 5.92 Å². The van der Waals surface area contributed by atoms with E-state index in [1.807, 2.05) is 43.0 Å². The van der Waals surface area contributed by atoms with Gasteiger partial charge >= 0.3 is 0 Å². The largest absolute Gasteiger partial charge is 0.372 e. The molecule has 0 spiro atoms. The second-order valence-electron chi connectivity index (χ2n) is 7.13. The van der Waals surface area contributed by atoms with E-state index in [0.29, 0.717) is 24.5 Å². The van der Waals surface area contributed by atoms with Crippen molar-refractivity contribution < 1.29 is 13.9 Å². The third-order valence-electron chi connectivity index (χ3n) is 4.90. The number of amides is 1. The molecular weight excluding hydrogens is 345 g/mol. The summed E-state index contributed by atoms with van der Waals surface area (Å²) in [4.78, 5) is 18.5. The lowest BCUT2D eigenvalue weighted by molar-refractivity contribution is -0.115. The van der Waals surface area contributed by atoms with Gasteiger partial charge in [0.05, 0.1) is 23.6 Å². The topological polar surface area (TPSA) is 53.9 Å². The van der Waals surface area contributed by atoms with Gasteiger partial charge in [0, 0.05) is 31.1 Å². The first-order valence-corrected chi connectivity index (χ1v) is 9.15. The van der Waals surface area contributed by atoms with E-state index in [9.17, 15) is 9.18 Å². The molecule has 1 amide bonds. The average Bonchev–Trinajstić information content (AvgIpc) is 2.94. The summed E-state index contributed by atoms with van der Waals surface area (Å²) >= 11 is 0. The van der Waals surface area contributed by atoms with Crippen molar-refractivity contribution in [3.63, 3.8) is 0 Å². The van der Waals surface area contributed by atoms with E-state index in [4.69, 9.17) is 4.74 Å². The van der Waals surface area contributed by atoms with Crippen molar-refractivity contribution in [2.45, 2.75) is 32.0 Å². The van der Waals surface area contributed by atoms with Crippen LogP contribution in [0.1, 0.15) is 25.3 Å². The van der Waals surface area contributed by atoms with Gasteiger partial charge in [0.15, 0.2) is 0 Å². The number of fused-ring (bicyclic) bond motifs is 1. The lowest BCUT2D eigenvalue weighted by atomic mass is 10.0. The number of halogens is 1. The Kier molecular flexibility index (Phi) is 4.66. The van der Waals surface area contributed by atoms with Gasteiger partial charge in [-0.05, 0) is 37.6 Å². The molecule has 2 aliphatic heterocycles. The van der Waals surface area contributed by atoms with Gasteiger partial charge in [0.25, 0.3) is 0 Å². The summed E-state index contributed by atoms with van der Waals surface area (Å²) in [6.45, 7) is 5.29. The number of para-hydroxylation sites is 1. The first-order chi connectivity index (χ1) is 13.0. The van der Waals surface area contributed by atoms with Crippen LogP contribution in [-0.2, 0) is 9.53 Å². The molecule has 6 heteroatoms. The number of anilines is 2. The van der Waals surface area contributed by atoms with Crippen LogP contribution < -0.4 is 10.2 Å². The Bertz CT molecular complexity index is 889. The molecule has 5 nitrogen and oxygen atoms in total. The van der Waals surface area contributed by atoms with Crippen LogP contribution in [0.2, 0.25) is 0 Å². The Morgan fingerprint density at radius 3 is 2.67 bits per heavy atom. The number of carbonyl (C=O) groups is 1. The van der Waals surface area contributed by atoms with Crippen molar-refractivity contribution in [3.8, 4) is 0 Å². The van der Waals surface area contributed by atoms with Crippen LogP contribution in [0.25, 0.3) is 0 Å². The lowest BCUT2D eigenvalue weighted by Crippen LogP contribution is -2.45. The summed E-state index contributed by atoms with van der Waals surface area (Å²) in [5, 5.41) is 2.83. The standard InChI is InChI=1S/C21H22FN3O2/c1-13-11-25(12-14(2)27-13)20-8-7-15(9-18(20)22)23-10-17-16-5-3-4-6-19(16)24-21(17)26/h3-10,13-14,17H,11-12H2,1-2H3,(H,24,26). The first kappa shape index (κ1) is 17.7. The number of morpholine rings is 1. The monoisotopic (exact) mass is 367 g/mol. The van der Waals surface area contributed by atoms with Crippen molar-refractivity contribution in [3.05, 3.63) is 53.8 Å². The van der Waals surface area contributed by atoms with Crippen molar-refractivity contribution in [1.29, 1.82) is 0 Å². The van der Waals surface area contributed by atoms with Crippen LogP contribution in [0.4, 0.5) is 21.5 Å². The van der Waals surface area contributed by atoms with Gasteiger partial charge in [-0.25, -0.2) is 4.39 Å². The van der Waals surface area contributed by atoms with E-state index in [1.54, 1.807) is 18.3 Å². The van der Waals surface area contributed by atoms with Gasteiger partial charge < -0.3 is 15.0 Å². The molecule has 3 unspecified atom stereocenters. The number of carbonyl (C=O) groups excluding carboxylic acids is 1. The van der Waals surface area contributed by atoms with Gasteiger partial charge in [-0.1, -0.05) is 18.2 Å². The van der Waals surface area contributed by atoms with Gasteiger partial charge in [0.2, 0.25) is 5.91 Å². The number of hydrogen-bond acceptors (Lipinski definition) is 4. The summed E-state index contributed by atoms with van der Waals surface area (Å²) in [6, 6.07) is 12.5. The molecule has 3 atom stereocenters. The van der Waals surface area contributed by atoms with Crippen molar-refractivity contribution >= 4 is 29.2 Å². The van der Waals surface area contributed by atoms with Crippen molar-refractivity contribution in [2.24, 2.45) is 4.99 Å². The van der Waals surface area contributed by atoms with E-state index in [-0.39, 0.29) is 23.9 Å². The molecule has 0 bridgehead atoms. The Morgan fingerprint density at radius 2 is 1.93 bits per heavy atom. The Balaban J connectivity index is 1.53. The summed E-state index contributed by atoms with van der Waals surface area (Å²) in [5.41, 5.74) is 2.73. The number of nitrogens with zero attached hydrogens (tertiary/aromatic N) is 2. The molecule has 27 heavy (non-hydrogen) atoms. The predicted molar refractivity (Wildman–Crippen MR) is 105 cm³/mol. The minimum absolute atomic E-state index is 0.0618. The van der Waals surface area contributed by atoms with E-state index >= 15 is 0 Å². The van der Waals surface area contributed by atoms with E-state index in [2.05, 4.69) is 10.3 Å². The highest BCUT2D eigenvalue weighted by atomic mass is 19.1. The maximum atomic E-state index is 14.7. The normalized spacial score (nSPS) is 24.9. The summed E-state index contributed by atoms with van der Waals surface area (Å²) in [6.07, 6.45) is 1.70. The van der Waals surface area contributed by atoms with Crippen molar-refractivity contribution in [2.75, 3.05) is 23.3 Å². The minimum atomic E-state index is -0.454. The smallest absolute Gasteiger partial charge is 0.237 e. The molecule has 4 rings (SSSR count). The maximum absolute atomic E-state index is 14.7. The number of aliphatic imine (C=N–C) groups is 1. The third kappa shape index (κ3) is 3.57. The Morgan fingerprint density at radius 1 is 1.19 bits per heavy atom. The zero-order valence-corrected chi connectivity index (χ0v) is 15.4. The van der Waals surface area contributed by atoms with E-state index in [0.717, 1.165) is 11.3 Å². The zero-order chi connectivity index (χ0) is 19.0. The molecule has 140 valence electrons. The lowest BCUT2D eigenvalue weighted by Gasteiger charge is -2.37. The molecular formula is C21H22FN3O2. The van der Waals surface area contributed by atoms with Gasteiger partial charge in [-0.15, -0.1) is 0 Å². The fourth-order valence-corrected chi connectivity index (χ4v) is 3.75. The van der Waals surface area contributed by atoms with Gasteiger partial charge in [0.1, 0.15) is 11.7 Å². The predicted octanol–water partition coefficient (Wildman–Crippen LogP) is 3.88. The highest BCUT2D eigenvalue weighted by Gasteiger charge is 2.28. The molecule has 0 radical (unpaired) electrons. The SMILES string of the molecule is CC1CN(c2ccc(N=CC3C(=O)Nc4ccccc43)cc2F)CC(C)O1. The van der Waals surface area contributed by atoms with Crippen LogP contribution in [0, 0.1) is 5.82 Å². The number of rotatable bonds is 3. The van der Waals surface area contributed by atoms with Gasteiger partial charge in [-0.2, -0.15) is 0 Å². The molecule has 1 saturated heterocycles. The molecule has 1 fully saturated rings. The average molecular weight is 367 g/mol. The summed E-state index contributed by atoms with van der Waals surface area (Å²) < 4.78 is 20.4. The van der Waals surface area contributed by atoms with Crippen LogP contribution in [-0.4, -0.2) is 37.4 Å². The van der Waals surface area contributed by atoms with Crippen molar-refractivity contribution in [1.82, 2.24) is 0 Å². The maximum Gasteiger partial charge on any atom is 0.237 e. The second-order valence-corrected chi connectivity index (χ2v) is 7.13. The second kappa shape index (κ2) is 7.12. The number of benzene rings is 2. The molecule has 2 aliphatic rings. The Hall–Kier alpha value is -2.73. The van der Waals surface area contributed by atoms with E-state index in [1.165, 1.54) is 6.07 Å². The van der Waals surface area contributed by atoms with Gasteiger partial charge in [-0.3, -0.25) is 9.79 Å². The molecule has 2 aromatic carbocycles. The van der Waals surface area contributed by atoms with Crippen LogP contribution in [0.5, 0.6) is 0 Å². The third-order valence-corrected chi connectivity index (χ3v) is 4.90. The molecule has 0 aliphatic carbocycles. The summed E-state index contributed by atoms with van der Waals surface area (Å²) in [5.74, 6) is -0.888. The highest BCUT2D eigenvalue weighted by Crippen LogP contribution is 2.32. The molecule has 1 N–H and O–H groups in total. The number of hydrogen-bond donors (Lipinski definition) is 1. The zero-order valence-electron chi connectivity index (χ0n) is 15.4. The number of nitrogens with one attached hydrogen (secondary N) is 1. The summed E-state index contributed by atoms with van der Waals surface area (Å²) in [7, 11) is 0. The first-order valence-electron chi connectivity index (χ1n) is 9.15. The van der Waals surface area contributed by atoms with Crippen LogP contribution in [0.3, 0.4) is 0 Å². The Labute approximate surface area is 157 Å². The van der Waals surface area contributed by atoms with Crippen LogP contribution in [0.15, 0.2) is 47.5 Å². The minimum Gasteiger partial charge on any atom is -0.372 e. The quantitative estimate of drug-likeness (QED) is 0.838. The fourth-order valence-electron chi connectivity index (χ4n) is 3.75. The fraction of sp³-hybridized carbons (Fsp3) is 0.333. The molecule has 2 aromatic rings. The van der Waals surface area contributed by atoms with Crippen LogP contribution >= 0.6 is 0 Å². The molecule has 2 heterocycles. The highest BCUT2D eigenvalue weighted by molar-refractivity contribution is 6.12. The molecule has 0 aromatic heterocycles. The number of ether oxygens (including phenoxy) is 1.